The molecule has 0 saturated carbocycles. The van der Waals surface area contributed by atoms with Crippen LogP contribution in [-0.2, 0) is 22.4 Å². The summed E-state index contributed by atoms with van der Waals surface area (Å²) in [5.41, 5.74) is 1.36. The Morgan fingerprint density at radius 3 is 2.71 bits per heavy atom. The van der Waals surface area contributed by atoms with E-state index in [1.807, 2.05) is 6.07 Å². The lowest BCUT2D eigenvalue weighted by Crippen LogP contribution is -2.40. The maximum atomic E-state index is 12.8. The number of hydrogen-bond donors (Lipinski definition) is 2. The van der Waals surface area contributed by atoms with Crippen LogP contribution in [0.2, 0.25) is 0 Å². The van der Waals surface area contributed by atoms with Gasteiger partial charge < -0.3 is 14.8 Å². The SMILES string of the molecule is CC1(C)NC(=O)N(CCC[C@@H](CC(=O)c2ccc3c4c(oc3c2)CCC4)C(=O)O)C1=O. The summed E-state index contributed by atoms with van der Waals surface area (Å²) in [6, 6.07) is 4.83. The molecule has 1 aromatic heterocycles. The lowest BCUT2D eigenvalue weighted by molar-refractivity contribution is -0.141. The topological polar surface area (TPSA) is 117 Å². The Morgan fingerprint density at radius 2 is 2.03 bits per heavy atom. The highest BCUT2D eigenvalue weighted by atomic mass is 16.4. The predicted octanol–water partition coefficient (Wildman–Crippen LogP) is 3.31. The Balaban J connectivity index is 1.38. The van der Waals surface area contributed by atoms with E-state index in [0.29, 0.717) is 17.6 Å². The Bertz CT molecular complexity index is 1080. The fraction of sp³-hybridized carbons (Fsp3) is 0.478. The number of imide groups is 1. The highest BCUT2D eigenvalue weighted by Gasteiger charge is 2.43. The zero-order chi connectivity index (χ0) is 22.3. The molecule has 1 aliphatic heterocycles. The second-order valence-corrected chi connectivity index (χ2v) is 8.88. The molecule has 1 fully saturated rings. The molecule has 2 aromatic rings. The van der Waals surface area contributed by atoms with Crippen molar-refractivity contribution in [1.29, 1.82) is 0 Å². The van der Waals surface area contributed by atoms with Gasteiger partial charge in [0.2, 0.25) is 0 Å². The molecule has 8 nitrogen and oxygen atoms in total. The maximum Gasteiger partial charge on any atom is 0.325 e. The molecule has 0 unspecified atom stereocenters. The summed E-state index contributed by atoms with van der Waals surface area (Å²) in [5.74, 6) is -1.57. The number of aryl methyl sites for hydroxylation is 2. The van der Waals surface area contributed by atoms with E-state index in [2.05, 4.69) is 5.32 Å². The van der Waals surface area contributed by atoms with Gasteiger partial charge in [0.05, 0.1) is 5.92 Å². The van der Waals surface area contributed by atoms with Crippen LogP contribution >= 0.6 is 0 Å². The quantitative estimate of drug-likeness (QED) is 0.494. The number of carboxylic acid groups (broad SMARTS) is 1. The number of fused-ring (bicyclic) bond motifs is 3. The number of carbonyl (C=O) groups is 4. The van der Waals surface area contributed by atoms with E-state index < -0.39 is 23.5 Å². The van der Waals surface area contributed by atoms with Gasteiger partial charge in [-0.05, 0) is 45.6 Å². The van der Waals surface area contributed by atoms with Crippen molar-refractivity contribution in [2.45, 2.75) is 57.9 Å². The molecule has 2 aliphatic rings. The van der Waals surface area contributed by atoms with Crippen molar-refractivity contribution in [3.8, 4) is 0 Å². The average Bonchev–Trinajstić information content (AvgIpc) is 3.34. The van der Waals surface area contributed by atoms with E-state index >= 15 is 0 Å². The first-order chi connectivity index (χ1) is 14.7. The standard InChI is InChI=1S/C23H26N2O6/c1-23(2)21(29)25(22(30)24-23)10-4-5-14(20(27)28)11-17(26)13-8-9-16-15-6-3-7-18(15)31-19(16)12-13/h8-9,12,14H,3-7,10-11H2,1-2H3,(H,24,30)(H,27,28)/t14-/m0/s1. The predicted molar refractivity (Wildman–Crippen MR) is 112 cm³/mol. The maximum absolute atomic E-state index is 12.8. The number of aliphatic carboxylic acids is 1. The summed E-state index contributed by atoms with van der Waals surface area (Å²) in [5, 5.41) is 13.2. The van der Waals surface area contributed by atoms with Crippen LogP contribution in [0.1, 0.15) is 61.2 Å². The Morgan fingerprint density at radius 1 is 1.26 bits per heavy atom. The molecule has 2 N–H and O–H groups in total. The summed E-state index contributed by atoms with van der Waals surface area (Å²) in [7, 11) is 0. The summed E-state index contributed by atoms with van der Waals surface area (Å²) in [6.45, 7) is 3.36. The summed E-state index contributed by atoms with van der Waals surface area (Å²) >= 11 is 0. The molecule has 164 valence electrons. The zero-order valence-electron chi connectivity index (χ0n) is 17.7. The van der Waals surface area contributed by atoms with Crippen LogP contribution in [0.5, 0.6) is 0 Å². The molecule has 4 rings (SSSR count). The first-order valence-electron chi connectivity index (χ1n) is 10.6. The minimum atomic E-state index is -1.07. The van der Waals surface area contributed by atoms with Gasteiger partial charge in [-0.3, -0.25) is 19.3 Å². The number of nitrogens with zero attached hydrogens (tertiary/aromatic N) is 1. The van der Waals surface area contributed by atoms with Gasteiger partial charge in [-0.1, -0.05) is 12.1 Å². The third kappa shape index (κ3) is 3.94. The van der Waals surface area contributed by atoms with Crippen molar-refractivity contribution < 1.29 is 28.7 Å². The van der Waals surface area contributed by atoms with E-state index in [4.69, 9.17) is 4.42 Å². The lowest BCUT2D eigenvalue weighted by Gasteiger charge is -2.17. The smallest absolute Gasteiger partial charge is 0.325 e. The van der Waals surface area contributed by atoms with Crippen LogP contribution in [0.15, 0.2) is 22.6 Å². The van der Waals surface area contributed by atoms with Gasteiger partial charge in [0, 0.05) is 35.9 Å². The van der Waals surface area contributed by atoms with Crippen LogP contribution in [-0.4, -0.2) is 45.8 Å². The lowest BCUT2D eigenvalue weighted by atomic mass is 9.93. The monoisotopic (exact) mass is 426 g/mol. The van der Waals surface area contributed by atoms with Crippen molar-refractivity contribution >= 4 is 34.7 Å². The molecule has 2 heterocycles. The number of rotatable bonds is 8. The molecule has 0 radical (unpaired) electrons. The highest BCUT2D eigenvalue weighted by molar-refractivity contribution is 6.06. The van der Waals surface area contributed by atoms with E-state index in [1.54, 1.807) is 26.0 Å². The van der Waals surface area contributed by atoms with Gasteiger partial charge in [-0.2, -0.15) is 0 Å². The van der Waals surface area contributed by atoms with E-state index in [0.717, 1.165) is 35.3 Å². The number of furan rings is 1. The first kappa shape index (κ1) is 21.1. The van der Waals surface area contributed by atoms with Gasteiger partial charge in [0.25, 0.3) is 5.91 Å². The number of amides is 3. The summed E-state index contributed by atoms with van der Waals surface area (Å²) in [6.07, 6.45) is 3.31. The second-order valence-electron chi connectivity index (χ2n) is 8.88. The number of nitrogens with one attached hydrogen (secondary N) is 1. The fourth-order valence-corrected chi connectivity index (χ4v) is 4.45. The number of urea groups is 1. The molecule has 0 bridgehead atoms. The molecule has 31 heavy (non-hydrogen) atoms. The fourth-order valence-electron chi connectivity index (χ4n) is 4.45. The molecule has 1 aliphatic carbocycles. The number of benzene rings is 1. The normalized spacial score (nSPS) is 18.3. The van der Waals surface area contributed by atoms with Crippen LogP contribution in [0.25, 0.3) is 11.0 Å². The largest absolute Gasteiger partial charge is 0.481 e. The number of hydrogen-bond acceptors (Lipinski definition) is 5. The molecular formula is C23H26N2O6. The van der Waals surface area contributed by atoms with E-state index in [-0.39, 0.29) is 31.1 Å². The first-order valence-corrected chi connectivity index (χ1v) is 10.6. The van der Waals surface area contributed by atoms with Crippen LogP contribution in [0, 0.1) is 5.92 Å². The van der Waals surface area contributed by atoms with Crippen molar-refractivity contribution in [3.63, 3.8) is 0 Å². The van der Waals surface area contributed by atoms with Crippen LogP contribution < -0.4 is 5.32 Å². The summed E-state index contributed by atoms with van der Waals surface area (Å²) in [4.78, 5) is 49.7. The zero-order valence-corrected chi connectivity index (χ0v) is 17.7. The van der Waals surface area contributed by atoms with Crippen molar-refractivity contribution in [3.05, 3.63) is 35.1 Å². The Labute approximate surface area is 179 Å². The Kier molecular flexibility index (Phi) is 5.33. The Hall–Kier alpha value is -3.16. The van der Waals surface area contributed by atoms with E-state index in [1.165, 1.54) is 5.56 Å². The highest BCUT2D eigenvalue weighted by Crippen LogP contribution is 2.33. The molecular weight excluding hydrogens is 400 g/mol. The summed E-state index contributed by atoms with van der Waals surface area (Å²) < 4.78 is 5.87. The number of carboxylic acids is 1. The second kappa shape index (κ2) is 7.83. The van der Waals surface area contributed by atoms with Gasteiger partial charge in [0.1, 0.15) is 16.9 Å². The minimum absolute atomic E-state index is 0.121. The van der Waals surface area contributed by atoms with E-state index in [9.17, 15) is 24.3 Å². The average molecular weight is 426 g/mol. The van der Waals surface area contributed by atoms with Crippen molar-refractivity contribution in [1.82, 2.24) is 10.2 Å². The molecule has 3 amide bonds. The van der Waals surface area contributed by atoms with Crippen molar-refractivity contribution in [2.75, 3.05) is 6.54 Å². The van der Waals surface area contributed by atoms with Gasteiger partial charge in [0.15, 0.2) is 5.78 Å². The van der Waals surface area contributed by atoms with Crippen molar-refractivity contribution in [2.24, 2.45) is 5.92 Å². The van der Waals surface area contributed by atoms with Crippen LogP contribution in [0.4, 0.5) is 4.79 Å². The van der Waals surface area contributed by atoms with Crippen LogP contribution in [0.3, 0.4) is 0 Å². The third-order valence-electron chi connectivity index (χ3n) is 6.19. The molecule has 1 saturated heterocycles. The van der Waals surface area contributed by atoms with Gasteiger partial charge in [-0.25, -0.2) is 4.79 Å². The molecule has 1 aromatic carbocycles. The minimum Gasteiger partial charge on any atom is -0.481 e. The molecule has 0 spiro atoms. The number of ketones is 1. The molecule has 8 heteroatoms. The van der Waals surface area contributed by atoms with Gasteiger partial charge >= 0.3 is 12.0 Å². The number of carbonyl (C=O) groups excluding carboxylic acids is 3. The molecule has 1 atom stereocenters. The third-order valence-corrected chi connectivity index (χ3v) is 6.19. The number of Topliss-reactive ketones (excluding diaryl/α,β-unsaturated/α-hetero) is 1. The van der Waals surface area contributed by atoms with Gasteiger partial charge in [-0.15, -0.1) is 0 Å².